The summed E-state index contributed by atoms with van der Waals surface area (Å²) in [6.07, 6.45) is 4.01. The highest BCUT2D eigenvalue weighted by Crippen LogP contribution is 2.41. The lowest BCUT2D eigenvalue weighted by Gasteiger charge is -2.42. The van der Waals surface area contributed by atoms with Crippen LogP contribution in [0.25, 0.3) is 0 Å². The second kappa shape index (κ2) is 4.92. The van der Waals surface area contributed by atoms with Gasteiger partial charge in [-0.3, -0.25) is 5.32 Å². The Morgan fingerprint density at radius 1 is 1.30 bits per heavy atom. The van der Waals surface area contributed by atoms with Crippen molar-refractivity contribution in [2.75, 3.05) is 5.32 Å². The summed E-state index contributed by atoms with van der Waals surface area (Å²) in [5.41, 5.74) is 0.496. The van der Waals surface area contributed by atoms with Crippen LogP contribution in [-0.2, 0) is 5.54 Å². The van der Waals surface area contributed by atoms with Gasteiger partial charge in [0.15, 0.2) is 0 Å². The van der Waals surface area contributed by atoms with Gasteiger partial charge in [0.05, 0.1) is 5.54 Å². The minimum absolute atomic E-state index is 0.283. The summed E-state index contributed by atoms with van der Waals surface area (Å²) in [6.45, 7) is 0. The maximum absolute atomic E-state index is 13.0. The number of carbonyl (C=O) groups excluding carboxylic acids is 1. The number of nitrogens with one attached hydrogen (secondary N) is 3. The molecule has 0 atom stereocenters. The molecule has 7 heteroatoms. The number of hydrogen-bond acceptors (Lipinski definition) is 3. The van der Waals surface area contributed by atoms with Crippen LogP contribution in [0.5, 0.6) is 0 Å². The van der Waals surface area contributed by atoms with E-state index in [0.29, 0.717) is 0 Å². The predicted molar refractivity (Wildman–Crippen MR) is 70.5 cm³/mol. The van der Waals surface area contributed by atoms with Crippen molar-refractivity contribution in [2.45, 2.75) is 24.8 Å². The van der Waals surface area contributed by atoms with E-state index < -0.39 is 5.54 Å². The molecule has 1 fully saturated rings. The molecule has 1 aromatic heterocycles. The van der Waals surface area contributed by atoms with Crippen LogP contribution in [0.4, 0.5) is 15.1 Å². The number of aromatic nitrogens is 3. The number of nitrogens with zero attached hydrogens (tertiary/aromatic N) is 2. The van der Waals surface area contributed by atoms with Crippen LogP contribution in [0, 0.1) is 5.82 Å². The monoisotopic (exact) mass is 275 g/mol. The minimum Gasteiger partial charge on any atom is -0.328 e. The van der Waals surface area contributed by atoms with Crippen LogP contribution >= 0.6 is 0 Å². The first-order valence-electron chi connectivity index (χ1n) is 6.39. The van der Waals surface area contributed by atoms with E-state index in [-0.39, 0.29) is 17.8 Å². The summed E-state index contributed by atoms with van der Waals surface area (Å²) >= 11 is 0. The number of carbonyl (C=O) groups is 1. The van der Waals surface area contributed by atoms with Crippen LogP contribution in [0.3, 0.4) is 0 Å². The molecule has 2 aromatic rings. The number of H-pyrrole nitrogens is 1. The quantitative estimate of drug-likeness (QED) is 0.802. The molecule has 0 spiro atoms. The van der Waals surface area contributed by atoms with Gasteiger partial charge in [-0.25, -0.2) is 14.3 Å². The van der Waals surface area contributed by atoms with Crippen molar-refractivity contribution < 1.29 is 9.18 Å². The molecule has 2 amide bonds. The first-order chi connectivity index (χ1) is 9.68. The highest BCUT2D eigenvalue weighted by atomic mass is 19.1. The molecule has 1 heterocycles. The van der Waals surface area contributed by atoms with E-state index >= 15 is 0 Å². The zero-order valence-corrected chi connectivity index (χ0v) is 10.7. The SMILES string of the molecule is O=C(Nc1ncn[nH]1)NC1(c2ccc(F)cc2)CCC1. The average molecular weight is 275 g/mol. The maximum atomic E-state index is 13.0. The third-order valence-electron chi connectivity index (χ3n) is 3.60. The van der Waals surface area contributed by atoms with E-state index in [0.717, 1.165) is 24.8 Å². The third-order valence-corrected chi connectivity index (χ3v) is 3.60. The second-order valence-electron chi connectivity index (χ2n) is 4.86. The molecule has 0 saturated heterocycles. The molecular weight excluding hydrogens is 261 g/mol. The Kier molecular flexibility index (Phi) is 3.09. The van der Waals surface area contributed by atoms with Gasteiger partial charge in [-0.05, 0) is 37.0 Å². The molecule has 104 valence electrons. The molecule has 0 bridgehead atoms. The summed E-state index contributed by atoms with van der Waals surface area (Å²) < 4.78 is 13.0. The van der Waals surface area contributed by atoms with E-state index in [1.54, 1.807) is 12.1 Å². The number of hydrogen-bond donors (Lipinski definition) is 3. The normalized spacial score (nSPS) is 16.2. The smallest absolute Gasteiger partial charge is 0.322 e. The van der Waals surface area contributed by atoms with Crippen molar-refractivity contribution in [3.8, 4) is 0 Å². The molecule has 0 aliphatic heterocycles. The topological polar surface area (TPSA) is 82.7 Å². The molecule has 20 heavy (non-hydrogen) atoms. The standard InChI is InChI=1S/C13H14FN5O/c14-10-4-2-9(3-5-10)13(6-1-7-13)18-12(20)17-11-15-8-16-19-11/h2-5,8H,1,6-7H2,(H3,15,16,17,18,19,20). The van der Waals surface area contributed by atoms with Crippen molar-refractivity contribution in [3.63, 3.8) is 0 Å². The van der Waals surface area contributed by atoms with Crippen molar-refractivity contribution in [2.24, 2.45) is 0 Å². The largest absolute Gasteiger partial charge is 0.328 e. The minimum atomic E-state index is -0.419. The fourth-order valence-electron chi connectivity index (χ4n) is 2.41. The van der Waals surface area contributed by atoms with Crippen LogP contribution in [0.1, 0.15) is 24.8 Å². The third kappa shape index (κ3) is 2.34. The first-order valence-corrected chi connectivity index (χ1v) is 6.39. The fourth-order valence-corrected chi connectivity index (χ4v) is 2.41. The van der Waals surface area contributed by atoms with Gasteiger partial charge in [0.25, 0.3) is 0 Å². The molecule has 3 N–H and O–H groups in total. The summed E-state index contributed by atoms with van der Waals surface area (Å²) in [5, 5.41) is 11.7. The van der Waals surface area contributed by atoms with Gasteiger partial charge in [0.2, 0.25) is 5.95 Å². The average Bonchev–Trinajstić information content (AvgIpc) is 2.88. The summed E-state index contributed by atoms with van der Waals surface area (Å²) in [6, 6.07) is 5.88. The summed E-state index contributed by atoms with van der Waals surface area (Å²) in [7, 11) is 0. The molecule has 0 unspecified atom stereocenters. The van der Waals surface area contributed by atoms with Gasteiger partial charge >= 0.3 is 6.03 Å². The van der Waals surface area contributed by atoms with E-state index in [9.17, 15) is 9.18 Å². The number of amides is 2. The Bertz CT molecular complexity index is 592. The number of rotatable bonds is 3. The predicted octanol–water partition coefficient (Wildman–Crippen LogP) is 2.14. The Hall–Kier alpha value is -2.44. The van der Waals surface area contributed by atoms with Crippen LogP contribution in [0.2, 0.25) is 0 Å². The van der Waals surface area contributed by atoms with Crippen molar-refractivity contribution in [1.29, 1.82) is 0 Å². The molecule has 3 rings (SSSR count). The number of halogens is 1. The Balaban J connectivity index is 1.73. The van der Waals surface area contributed by atoms with Gasteiger partial charge in [-0.1, -0.05) is 12.1 Å². The fraction of sp³-hybridized carbons (Fsp3) is 0.308. The van der Waals surface area contributed by atoms with Crippen molar-refractivity contribution in [3.05, 3.63) is 42.0 Å². The lowest BCUT2D eigenvalue weighted by atomic mass is 9.72. The molecule has 1 aliphatic carbocycles. The van der Waals surface area contributed by atoms with Gasteiger partial charge in [0, 0.05) is 0 Å². The Morgan fingerprint density at radius 2 is 2.05 bits per heavy atom. The van der Waals surface area contributed by atoms with Gasteiger partial charge in [-0.2, -0.15) is 10.1 Å². The highest BCUT2D eigenvalue weighted by Gasteiger charge is 2.40. The van der Waals surface area contributed by atoms with E-state index in [4.69, 9.17) is 0 Å². The van der Waals surface area contributed by atoms with Gasteiger partial charge in [0.1, 0.15) is 12.1 Å². The van der Waals surface area contributed by atoms with E-state index in [2.05, 4.69) is 25.8 Å². The van der Waals surface area contributed by atoms with E-state index in [1.807, 2.05) is 0 Å². The summed E-state index contributed by atoms with van der Waals surface area (Å²) in [4.78, 5) is 15.8. The molecule has 6 nitrogen and oxygen atoms in total. The van der Waals surface area contributed by atoms with E-state index in [1.165, 1.54) is 18.5 Å². The van der Waals surface area contributed by atoms with Crippen molar-refractivity contribution >= 4 is 12.0 Å². The molecular formula is C13H14FN5O. The Morgan fingerprint density at radius 3 is 2.60 bits per heavy atom. The molecule has 1 aliphatic rings. The molecule has 1 aromatic carbocycles. The van der Waals surface area contributed by atoms with Gasteiger partial charge in [-0.15, -0.1) is 0 Å². The molecule has 1 saturated carbocycles. The molecule has 0 radical (unpaired) electrons. The van der Waals surface area contributed by atoms with Crippen LogP contribution in [0.15, 0.2) is 30.6 Å². The van der Waals surface area contributed by atoms with Crippen molar-refractivity contribution in [1.82, 2.24) is 20.5 Å². The number of anilines is 1. The van der Waals surface area contributed by atoms with Crippen LogP contribution < -0.4 is 10.6 Å². The number of benzene rings is 1. The maximum Gasteiger partial charge on any atom is 0.322 e. The zero-order chi connectivity index (χ0) is 14.0. The summed E-state index contributed by atoms with van der Waals surface area (Å²) in [5.74, 6) is 0.00501. The number of aromatic amines is 1. The Labute approximate surface area is 114 Å². The lowest BCUT2D eigenvalue weighted by Crippen LogP contribution is -2.52. The zero-order valence-electron chi connectivity index (χ0n) is 10.7. The number of urea groups is 1. The first kappa shape index (κ1) is 12.6. The lowest BCUT2D eigenvalue weighted by molar-refractivity contribution is 0.185. The van der Waals surface area contributed by atoms with Gasteiger partial charge < -0.3 is 5.32 Å². The highest BCUT2D eigenvalue weighted by molar-refractivity contribution is 5.88. The van der Waals surface area contributed by atoms with Crippen LogP contribution in [-0.4, -0.2) is 21.2 Å². The second-order valence-corrected chi connectivity index (χ2v) is 4.86.